The highest BCUT2D eigenvalue weighted by Crippen LogP contribution is 2.36. The van der Waals surface area contributed by atoms with Crippen molar-refractivity contribution in [2.24, 2.45) is 11.1 Å². The highest BCUT2D eigenvalue weighted by Gasteiger charge is 2.29. The quantitative estimate of drug-likeness (QED) is 0.705. The number of nitrogens with zero attached hydrogens (tertiary/aromatic N) is 1. The molecule has 0 aromatic heterocycles. The second-order valence-electron chi connectivity index (χ2n) is 7.56. The number of hydrogen-bond donors (Lipinski definition) is 2. The molecule has 0 aliphatic heterocycles. The molecule has 118 valence electrons. The van der Waals surface area contributed by atoms with Gasteiger partial charge in [-0.2, -0.15) is 0 Å². The van der Waals surface area contributed by atoms with Crippen molar-refractivity contribution in [3.05, 3.63) is 0 Å². The largest absolute Gasteiger partial charge is 0.480 e. The number of carbonyl (C=O) groups is 1. The lowest BCUT2D eigenvalue weighted by atomic mass is 9.75. The number of carboxylic acids is 1. The van der Waals surface area contributed by atoms with Gasteiger partial charge in [0, 0.05) is 6.04 Å². The first kappa shape index (κ1) is 17.4. The van der Waals surface area contributed by atoms with E-state index in [2.05, 4.69) is 25.8 Å². The van der Waals surface area contributed by atoms with E-state index in [9.17, 15) is 4.79 Å². The Morgan fingerprint density at radius 3 is 2.40 bits per heavy atom. The predicted octanol–water partition coefficient (Wildman–Crippen LogP) is 2.86. The topological polar surface area (TPSA) is 66.6 Å². The Labute approximate surface area is 123 Å². The van der Waals surface area contributed by atoms with Gasteiger partial charge in [0.2, 0.25) is 0 Å². The molecule has 1 unspecified atom stereocenters. The molecule has 0 aromatic rings. The fourth-order valence-corrected chi connectivity index (χ4v) is 2.97. The number of unbranched alkanes of at least 4 members (excludes halogenated alkanes) is 1. The molecule has 1 aliphatic rings. The number of nitrogens with two attached hydrogens (primary N) is 1. The lowest BCUT2D eigenvalue weighted by Gasteiger charge is -2.38. The van der Waals surface area contributed by atoms with Crippen molar-refractivity contribution in [1.29, 1.82) is 0 Å². The Hall–Kier alpha value is -0.610. The molecular weight excluding hydrogens is 252 g/mol. The van der Waals surface area contributed by atoms with Crippen LogP contribution in [0.5, 0.6) is 0 Å². The van der Waals surface area contributed by atoms with E-state index in [1.807, 2.05) is 0 Å². The van der Waals surface area contributed by atoms with Crippen molar-refractivity contribution in [1.82, 2.24) is 4.90 Å². The maximum atomic E-state index is 10.9. The molecule has 1 saturated carbocycles. The van der Waals surface area contributed by atoms with Gasteiger partial charge in [0.1, 0.15) is 5.54 Å². The van der Waals surface area contributed by atoms with Crippen LogP contribution >= 0.6 is 0 Å². The molecule has 1 aliphatic carbocycles. The summed E-state index contributed by atoms with van der Waals surface area (Å²) in [7, 11) is 2.20. The summed E-state index contributed by atoms with van der Waals surface area (Å²) in [5.74, 6) is -0.902. The summed E-state index contributed by atoms with van der Waals surface area (Å²) >= 11 is 0. The molecule has 0 heterocycles. The van der Waals surface area contributed by atoms with Crippen molar-refractivity contribution in [2.75, 3.05) is 13.6 Å². The van der Waals surface area contributed by atoms with E-state index < -0.39 is 11.5 Å². The van der Waals surface area contributed by atoms with Crippen LogP contribution in [0.4, 0.5) is 0 Å². The molecule has 3 N–H and O–H groups in total. The number of rotatable bonds is 7. The number of aliphatic carboxylic acids is 1. The summed E-state index contributed by atoms with van der Waals surface area (Å²) in [4.78, 5) is 13.4. The highest BCUT2D eigenvalue weighted by atomic mass is 16.4. The van der Waals surface area contributed by atoms with Gasteiger partial charge in [-0.25, -0.2) is 0 Å². The molecule has 0 spiro atoms. The van der Waals surface area contributed by atoms with Crippen LogP contribution in [-0.4, -0.2) is 41.1 Å². The fourth-order valence-electron chi connectivity index (χ4n) is 2.97. The van der Waals surface area contributed by atoms with Crippen LogP contribution in [0.15, 0.2) is 0 Å². The monoisotopic (exact) mass is 284 g/mol. The Kier molecular flexibility index (Phi) is 6.02. The average Bonchev–Trinajstić information content (AvgIpc) is 2.34. The molecule has 4 nitrogen and oxygen atoms in total. The zero-order valence-electron chi connectivity index (χ0n) is 13.6. The average molecular weight is 284 g/mol. The molecule has 0 amide bonds. The first-order chi connectivity index (χ1) is 9.14. The van der Waals surface area contributed by atoms with Gasteiger partial charge in [0.05, 0.1) is 0 Å². The van der Waals surface area contributed by atoms with Crippen LogP contribution in [0.3, 0.4) is 0 Å². The van der Waals surface area contributed by atoms with Crippen molar-refractivity contribution < 1.29 is 9.90 Å². The van der Waals surface area contributed by atoms with Gasteiger partial charge in [0.25, 0.3) is 0 Å². The molecule has 0 bridgehead atoms. The van der Waals surface area contributed by atoms with Crippen molar-refractivity contribution in [3.8, 4) is 0 Å². The fraction of sp³-hybridized carbons (Fsp3) is 0.938. The SMILES string of the molecule is CN(CCCCC(C)(N)C(=O)O)C1CCC(C)(C)CC1. The Morgan fingerprint density at radius 2 is 1.90 bits per heavy atom. The summed E-state index contributed by atoms with van der Waals surface area (Å²) in [6, 6.07) is 0.701. The van der Waals surface area contributed by atoms with Crippen LogP contribution in [0.2, 0.25) is 0 Å². The molecule has 1 atom stereocenters. The molecule has 0 saturated heterocycles. The van der Waals surface area contributed by atoms with E-state index in [4.69, 9.17) is 10.8 Å². The Morgan fingerprint density at radius 1 is 1.35 bits per heavy atom. The van der Waals surface area contributed by atoms with Crippen LogP contribution in [0, 0.1) is 5.41 Å². The first-order valence-electron chi connectivity index (χ1n) is 7.87. The van der Waals surface area contributed by atoms with Crippen LogP contribution in [-0.2, 0) is 4.79 Å². The third-order valence-corrected chi connectivity index (χ3v) is 4.88. The van der Waals surface area contributed by atoms with Crippen LogP contribution in [0.25, 0.3) is 0 Å². The third kappa shape index (κ3) is 5.41. The van der Waals surface area contributed by atoms with E-state index in [0.29, 0.717) is 17.9 Å². The number of hydrogen-bond acceptors (Lipinski definition) is 3. The zero-order valence-corrected chi connectivity index (χ0v) is 13.6. The van der Waals surface area contributed by atoms with Crippen molar-refractivity contribution in [3.63, 3.8) is 0 Å². The molecule has 20 heavy (non-hydrogen) atoms. The standard InChI is InChI=1S/C16H32N2O2/c1-15(2)10-7-13(8-11-15)18(4)12-6-5-9-16(3,17)14(19)20/h13H,5-12,17H2,1-4H3,(H,19,20). The normalized spacial score (nSPS) is 22.7. The van der Waals surface area contributed by atoms with Gasteiger partial charge in [-0.1, -0.05) is 13.8 Å². The van der Waals surface area contributed by atoms with Gasteiger partial charge in [-0.3, -0.25) is 4.79 Å². The zero-order chi connectivity index (χ0) is 15.4. The highest BCUT2D eigenvalue weighted by molar-refractivity contribution is 5.77. The molecule has 0 aromatic carbocycles. The van der Waals surface area contributed by atoms with E-state index in [-0.39, 0.29) is 0 Å². The van der Waals surface area contributed by atoms with Gasteiger partial charge in [0.15, 0.2) is 0 Å². The smallest absolute Gasteiger partial charge is 0.323 e. The summed E-state index contributed by atoms with van der Waals surface area (Å²) in [5, 5.41) is 8.97. The van der Waals surface area contributed by atoms with E-state index in [1.54, 1.807) is 6.92 Å². The number of carboxylic acid groups (broad SMARTS) is 1. The lowest BCUT2D eigenvalue weighted by molar-refractivity contribution is -0.142. The summed E-state index contributed by atoms with van der Waals surface area (Å²) in [6.07, 6.45) is 7.64. The minimum absolute atomic E-state index is 0.514. The second kappa shape index (κ2) is 6.90. The summed E-state index contributed by atoms with van der Waals surface area (Å²) in [5.41, 5.74) is 5.17. The molecule has 1 fully saturated rings. The van der Waals surface area contributed by atoms with Gasteiger partial charge >= 0.3 is 5.97 Å². The van der Waals surface area contributed by atoms with E-state index in [0.717, 1.165) is 19.4 Å². The van der Waals surface area contributed by atoms with E-state index >= 15 is 0 Å². The minimum atomic E-state index is -1.08. The molecule has 4 heteroatoms. The summed E-state index contributed by atoms with van der Waals surface area (Å²) in [6.45, 7) is 7.36. The third-order valence-electron chi connectivity index (χ3n) is 4.88. The molecular formula is C16H32N2O2. The Balaban J connectivity index is 2.21. The lowest BCUT2D eigenvalue weighted by Crippen LogP contribution is -2.44. The van der Waals surface area contributed by atoms with Crippen LogP contribution < -0.4 is 5.73 Å². The van der Waals surface area contributed by atoms with Gasteiger partial charge in [-0.05, 0) is 70.9 Å². The van der Waals surface area contributed by atoms with Gasteiger partial charge < -0.3 is 15.7 Å². The van der Waals surface area contributed by atoms with E-state index in [1.165, 1.54) is 25.7 Å². The van der Waals surface area contributed by atoms with Gasteiger partial charge in [-0.15, -0.1) is 0 Å². The maximum Gasteiger partial charge on any atom is 0.323 e. The van der Waals surface area contributed by atoms with Crippen LogP contribution in [0.1, 0.15) is 65.7 Å². The predicted molar refractivity (Wildman–Crippen MR) is 82.7 cm³/mol. The van der Waals surface area contributed by atoms with Crippen molar-refractivity contribution in [2.45, 2.75) is 77.3 Å². The maximum absolute atomic E-state index is 10.9. The second-order valence-corrected chi connectivity index (χ2v) is 7.56. The minimum Gasteiger partial charge on any atom is -0.480 e. The molecule has 1 rings (SSSR count). The summed E-state index contributed by atoms with van der Waals surface area (Å²) < 4.78 is 0. The van der Waals surface area contributed by atoms with Crippen molar-refractivity contribution >= 4 is 5.97 Å². The molecule has 0 radical (unpaired) electrons. The first-order valence-corrected chi connectivity index (χ1v) is 7.87. The Bertz CT molecular complexity index is 316.